The molecule has 10 heteroatoms. The predicted molar refractivity (Wildman–Crippen MR) is 111 cm³/mol. The lowest BCUT2D eigenvalue weighted by molar-refractivity contribution is -0.113. The molecule has 0 aliphatic rings. The van der Waals surface area contributed by atoms with E-state index >= 15 is 0 Å². The van der Waals surface area contributed by atoms with E-state index in [-0.39, 0.29) is 23.8 Å². The van der Waals surface area contributed by atoms with Crippen molar-refractivity contribution >= 4 is 55.7 Å². The summed E-state index contributed by atoms with van der Waals surface area (Å²) in [6, 6.07) is 8.06. The normalized spacial score (nSPS) is 11.0. The first-order valence-electron chi connectivity index (χ1n) is 8.15. The van der Waals surface area contributed by atoms with Crippen LogP contribution in [0.15, 0.2) is 57.2 Å². The summed E-state index contributed by atoms with van der Waals surface area (Å²) in [6.45, 7) is 0.0444. The zero-order valence-corrected chi connectivity index (χ0v) is 16.7. The van der Waals surface area contributed by atoms with Gasteiger partial charge in [0.1, 0.15) is 10.5 Å². The van der Waals surface area contributed by atoms with Gasteiger partial charge < -0.3 is 5.32 Å². The molecule has 6 nitrogen and oxygen atoms in total. The molecule has 0 radical (unpaired) electrons. The highest BCUT2D eigenvalue weighted by molar-refractivity contribution is 7.99. The molecule has 0 atom stereocenters. The van der Waals surface area contributed by atoms with Gasteiger partial charge >= 0.3 is 0 Å². The van der Waals surface area contributed by atoms with Crippen LogP contribution in [-0.4, -0.2) is 26.2 Å². The van der Waals surface area contributed by atoms with Crippen LogP contribution in [0.3, 0.4) is 0 Å². The number of fused-ring (bicyclic) bond motifs is 1. The number of hydrogen-bond donors (Lipinski definition) is 1. The van der Waals surface area contributed by atoms with E-state index in [4.69, 9.17) is 0 Å². The maximum atomic E-state index is 14.1. The van der Waals surface area contributed by atoms with Gasteiger partial charge in [0, 0.05) is 17.1 Å². The van der Waals surface area contributed by atoms with E-state index in [1.165, 1.54) is 33.3 Å². The SMILES string of the molecule is O=C(CSc1nc2ccsc2c(=O)n1Cc1ccccc1F)Nc1nccs1. The molecule has 0 saturated carbocycles. The molecule has 1 amide bonds. The van der Waals surface area contributed by atoms with Crippen LogP contribution in [0.2, 0.25) is 0 Å². The highest BCUT2D eigenvalue weighted by Crippen LogP contribution is 2.22. The molecule has 0 saturated heterocycles. The number of aromatic nitrogens is 3. The summed E-state index contributed by atoms with van der Waals surface area (Å²) in [7, 11) is 0. The van der Waals surface area contributed by atoms with Crippen molar-refractivity contribution < 1.29 is 9.18 Å². The molecule has 1 aromatic carbocycles. The molecular formula is C18H13FN4O2S3. The number of benzene rings is 1. The molecule has 4 rings (SSSR count). The molecule has 142 valence electrons. The lowest BCUT2D eigenvalue weighted by Crippen LogP contribution is -2.24. The van der Waals surface area contributed by atoms with Crippen molar-refractivity contribution in [3.05, 3.63) is 69.0 Å². The monoisotopic (exact) mass is 432 g/mol. The summed E-state index contributed by atoms with van der Waals surface area (Å²) in [6.07, 6.45) is 1.60. The van der Waals surface area contributed by atoms with E-state index in [0.29, 0.717) is 26.1 Å². The summed E-state index contributed by atoms with van der Waals surface area (Å²) >= 11 is 3.75. The minimum absolute atomic E-state index is 0.0444. The number of thioether (sulfide) groups is 1. The Balaban J connectivity index is 1.63. The fourth-order valence-corrected chi connectivity index (χ4v) is 4.66. The molecule has 4 aromatic rings. The Kier molecular flexibility index (Phi) is 5.51. The molecule has 0 aliphatic heterocycles. The molecule has 0 unspecified atom stereocenters. The summed E-state index contributed by atoms with van der Waals surface area (Å²) < 4.78 is 16.0. The van der Waals surface area contributed by atoms with Gasteiger partial charge in [-0.05, 0) is 17.5 Å². The Morgan fingerprint density at radius 2 is 2.07 bits per heavy atom. The summed E-state index contributed by atoms with van der Waals surface area (Å²) in [5, 5.41) is 7.12. The van der Waals surface area contributed by atoms with Gasteiger partial charge in [0.05, 0.1) is 17.8 Å². The van der Waals surface area contributed by atoms with Crippen LogP contribution in [0.4, 0.5) is 9.52 Å². The molecule has 0 spiro atoms. The summed E-state index contributed by atoms with van der Waals surface area (Å²) in [5.74, 6) is -0.589. The van der Waals surface area contributed by atoms with Gasteiger partial charge in [0.25, 0.3) is 5.56 Å². The number of nitrogens with one attached hydrogen (secondary N) is 1. The van der Waals surface area contributed by atoms with Gasteiger partial charge in [-0.1, -0.05) is 30.0 Å². The fourth-order valence-electron chi connectivity index (χ4n) is 2.54. The van der Waals surface area contributed by atoms with E-state index in [9.17, 15) is 14.0 Å². The molecule has 1 N–H and O–H groups in total. The zero-order chi connectivity index (χ0) is 19.5. The number of carbonyl (C=O) groups is 1. The Bertz CT molecular complexity index is 1190. The maximum absolute atomic E-state index is 14.1. The zero-order valence-electron chi connectivity index (χ0n) is 14.3. The van der Waals surface area contributed by atoms with Crippen molar-refractivity contribution in [1.82, 2.24) is 14.5 Å². The van der Waals surface area contributed by atoms with Crippen molar-refractivity contribution in [1.29, 1.82) is 0 Å². The minimum Gasteiger partial charge on any atom is -0.301 e. The van der Waals surface area contributed by atoms with Gasteiger partial charge in [0.15, 0.2) is 10.3 Å². The summed E-state index contributed by atoms with van der Waals surface area (Å²) in [5.41, 5.74) is 0.713. The van der Waals surface area contributed by atoms with Crippen molar-refractivity contribution in [2.45, 2.75) is 11.7 Å². The maximum Gasteiger partial charge on any atom is 0.272 e. The average Bonchev–Trinajstić information content (AvgIpc) is 3.36. The molecule has 3 aromatic heterocycles. The van der Waals surface area contributed by atoms with Gasteiger partial charge in [-0.15, -0.1) is 22.7 Å². The lowest BCUT2D eigenvalue weighted by atomic mass is 10.2. The first-order valence-corrected chi connectivity index (χ1v) is 10.9. The first kappa shape index (κ1) is 18.8. The van der Waals surface area contributed by atoms with Crippen LogP contribution >= 0.6 is 34.4 Å². The number of amides is 1. The Hall–Kier alpha value is -2.56. The fraction of sp³-hybridized carbons (Fsp3) is 0.111. The standard InChI is InChI=1S/C18H13FN4O2S3/c19-12-4-2-1-3-11(12)9-23-16(25)15-13(5-7-26-15)21-18(23)28-10-14(24)22-17-20-6-8-27-17/h1-8H,9-10H2,(H,20,22,24). The Morgan fingerprint density at radius 3 is 2.86 bits per heavy atom. The second-order valence-corrected chi connectivity index (χ2v) is 8.44. The summed E-state index contributed by atoms with van der Waals surface area (Å²) in [4.78, 5) is 33.6. The molecule has 0 bridgehead atoms. The Morgan fingerprint density at radius 1 is 1.21 bits per heavy atom. The molecular weight excluding hydrogens is 419 g/mol. The third kappa shape index (κ3) is 3.98. The van der Waals surface area contributed by atoms with Crippen LogP contribution in [0.5, 0.6) is 0 Å². The highest BCUT2D eigenvalue weighted by Gasteiger charge is 2.16. The number of hydrogen-bond acceptors (Lipinski definition) is 7. The number of thiophene rings is 1. The van der Waals surface area contributed by atoms with Crippen LogP contribution < -0.4 is 10.9 Å². The van der Waals surface area contributed by atoms with Crippen molar-refractivity contribution in [3.8, 4) is 0 Å². The number of thiazole rings is 1. The highest BCUT2D eigenvalue weighted by atomic mass is 32.2. The number of rotatable bonds is 6. The molecule has 0 fully saturated rings. The van der Waals surface area contributed by atoms with E-state index < -0.39 is 5.82 Å². The first-order chi connectivity index (χ1) is 13.6. The second-order valence-electron chi connectivity index (χ2n) is 5.69. The van der Waals surface area contributed by atoms with Gasteiger partial charge in [0.2, 0.25) is 5.91 Å². The number of halogens is 1. The van der Waals surface area contributed by atoms with E-state index in [1.807, 2.05) is 0 Å². The van der Waals surface area contributed by atoms with Crippen molar-refractivity contribution in [3.63, 3.8) is 0 Å². The van der Waals surface area contributed by atoms with Gasteiger partial charge in [-0.2, -0.15) is 0 Å². The minimum atomic E-state index is -0.391. The third-order valence-corrected chi connectivity index (χ3v) is 6.38. The molecule has 0 aliphatic carbocycles. The average molecular weight is 433 g/mol. The third-order valence-electron chi connectivity index (χ3n) is 3.83. The lowest BCUT2D eigenvalue weighted by Gasteiger charge is -2.12. The van der Waals surface area contributed by atoms with E-state index in [2.05, 4.69) is 15.3 Å². The topological polar surface area (TPSA) is 76.9 Å². The van der Waals surface area contributed by atoms with Crippen LogP contribution in [-0.2, 0) is 11.3 Å². The number of anilines is 1. The van der Waals surface area contributed by atoms with Gasteiger partial charge in [-0.25, -0.2) is 14.4 Å². The van der Waals surface area contributed by atoms with Crippen LogP contribution in [0.1, 0.15) is 5.56 Å². The number of nitrogens with zero attached hydrogens (tertiary/aromatic N) is 3. The second kappa shape index (κ2) is 8.21. The molecule has 3 heterocycles. The van der Waals surface area contributed by atoms with E-state index in [1.54, 1.807) is 41.2 Å². The largest absolute Gasteiger partial charge is 0.301 e. The van der Waals surface area contributed by atoms with E-state index in [0.717, 1.165) is 11.8 Å². The van der Waals surface area contributed by atoms with Crippen molar-refractivity contribution in [2.24, 2.45) is 0 Å². The van der Waals surface area contributed by atoms with Gasteiger partial charge in [-0.3, -0.25) is 14.2 Å². The van der Waals surface area contributed by atoms with Crippen molar-refractivity contribution in [2.75, 3.05) is 11.1 Å². The smallest absolute Gasteiger partial charge is 0.272 e. The van der Waals surface area contributed by atoms with Crippen LogP contribution in [0, 0.1) is 5.82 Å². The quantitative estimate of drug-likeness (QED) is 0.370. The number of carbonyl (C=O) groups excluding carboxylic acids is 1. The van der Waals surface area contributed by atoms with Crippen LogP contribution in [0.25, 0.3) is 10.2 Å². The molecule has 28 heavy (non-hydrogen) atoms. The Labute approximate surface area is 171 Å². The predicted octanol–water partition coefficient (Wildman–Crippen LogP) is 3.83.